The van der Waals surface area contributed by atoms with Gasteiger partial charge in [0.25, 0.3) is 11.6 Å². The van der Waals surface area contributed by atoms with Crippen LogP contribution in [0.3, 0.4) is 0 Å². The highest BCUT2D eigenvalue weighted by Gasteiger charge is 2.33. The number of aliphatic hydroxyl groups is 1. The van der Waals surface area contributed by atoms with Crippen molar-refractivity contribution in [3.8, 4) is 0 Å². The smallest absolute Gasteiger partial charge is 0.293 e. The number of nitrogen functional groups attached to an aromatic ring is 1. The number of hydrogen-bond acceptors (Lipinski definition) is 5. The van der Waals surface area contributed by atoms with E-state index in [1.165, 1.54) is 4.90 Å². The molecular weight excluding hydrogens is 269 g/mol. The predicted molar refractivity (Wildman–Crippen MR) is 68.6 cm³/mol. The average Bonchev–Trinajstić information content (AvgIpc) is 2.86. The van der Waals surface area contributed by atoms with Gasteiger partial charge in [-0.05, 0) is 18.9 Å². The van der Waals surface area contributed by atoms with Crippen molar-refractivity contribution >= 4 is 17.3 Å². The topological polar surface area (TPSA) is 110 Å². The molecule has 1 aromatic rings. The molecule has 3 N–H and O–H groups in total. The Kier molecular flexibility index (Phi) is 3.84. The maximum Gasteiger partial charge on any atom is 0.293 e. The number of nitro groups is 1. The zero-order valence-electron chi connectivity index (χ0n) is 10.6. The molecule has 2 rings (SSSR count). The Bertz CT molecular complexity index is 564. The Labute approximate surface area is 113 Å². The minimum absolute atomic E-state index is 0.234. The van der Waals surface area contributed by atoms with Crippen molar-refractivity contribution in [2.45, 2.75) is 18.9 Å². The molecule has 20 heavy (non-hydrogen) atoms. The third kappa shape index (κ3) is 2.29. The monoisotopic (exact) mass is 283 g/mol. The summed E-state index contributed by atoms with van der Waals surface area (Å²) in [6.45, 7) is 0.133. The lowest BCUT2D eigenvalue weighted by atomic mass is 10.1. The second kappa shape index (κ2) is 5.41. The molecular formula is C12H14FN3O4. The van der Waals surface area contributed by atoms with Crippen molar-refractivity contribution in [3.05, 3.63) is 33.6 Å². The summed E-state index contributed by atoms with van der Waals surface area (Å²) in [5, 5.41) is 20.0. The molecule has 1 amide bonds. The molecule has 1 unspecified atom stereocenters. The van der Waals surface area contributed by atoms with Crippen LogP contribution < -0.4 is 5.73 Å². The highest BCUT2D eigenvalue weighted by atomic mass is 19.1. The van der Waals surface area contributed by atoms with Gasteiger partial charge in [0, 0.05) is 12.6 Å². The normalized spacial score (nSPS) is 18.3. The summed E-state index contributed by atoms with van der Waals surface area (Å²) in [5.74, 6) is -1.62. The number of nitro benzene ring substituents is 1. The number of halogens is 1. The summed E-state index contributed by atoms with van der Waals surface area (Å²) < 4.78 is 13.8. The fourth-order valence-electron chi connectivity index (χ4n) is 2.39. The van der Waals surface area contributed by atoms with E-state index in [1.54, 1.807) is 0 Å². The number of benzene rings is 1. The van der Waals surface area contributed by atoms with Crippen LogP contribution >= 0.6 is 0 Å². The standard InChI is InChI=1S/C12H14FN3O4/c13-8-3-4-9(16(19)20)11(14)10(8)12(18)15-5-1-2-7(15)6-17/h3-4,7,17H,1-2,5-6,14H2. The molecule has 108 valence electrons. The summed E-state index contributed by atoms with van der Waals surface area (Å²) in [6.07, 6.45) is 1.30. The Morgan fingerprint density at radius 1 is 1.60 bits per heavy atom. The van der Waals surface area contributed by atoms with E-state index in [0.717, 1.165) is 12.1 Å². The zero-order chi connectivity index (χ0) is 14.9. The molecule has 1 fully saturated rings. The second-order valence-corrected chi connectivity index (χ2v) is 4.59. The Balaban J connectivity index is 2.44. The van der Waals surface area contributed by atoms with Crippen LogP contribution in [0, 0.1) is 15.9 Å². The summed E-state index contributed by atoms with van der Waals surface area (Å²) in [5.41, 5.74) is 4.06. The molecule has 0 aromatic heterocycles. The largest absolute Gasteiger partial charge is 0.394 e. The number of nitrogens with zero attached hydrogens (tertiary/aromatic N) is 2. The molecule has 1 aromatic carbocycles. The van der Waals surface area contributed by atoms with Crippen LogP contribution in [0.25, 0.3) is 0 Å². The molecule has 1 heterocycles. The highest BCUT2D eigenvalue weighted by molar-refractivity contribution is 6.01. The number of carbonyl (C=O) groups excluding carboxylic acids is 1. The van der Waals surface area contributed by atoms with Gasteiger partial charge in [-0.25, -0.2) is 4.39 Å². The Hall–Kier alpha value is -2.22. The van der Waals surface area contributed by atoms with Gasteiger partial charge in [-0.3, -0.25) is 14.9 Å². The Morgan fingerprint density at radius 2 is 2.30 bits per heavy atom. The summed E-state index contributed by atoms with van der Waals surface area (Å²) >= 11 is 0. The van der Waals surface area contributed by atoms with E-state index in [0.29, 0.717) is 19.4 Å². The van der Waals surface area contributed by atoms with Gasteiger partial charge in [0.15, 0.2) is 0 Å². The first-order chi connectivity index (χ1) is 9.47. The van der Waals surface area contributed by atoms with Gasteiger partial charge >= 0.3 is 0 Å². The number of amides is 1. The molecule has 1 aliphatic rings. The molecule has 0 spiro atoms. The van der Waals surface area contributed by atoms with Gasteiger partial charge in [0.1, 0.15) is 17.1 Å². The maximum atomic E-state index is 13.8. The van der Waals surface area contributed by atoms with Crippen LogP contribution in [0.15, 0.2) is 12.1 Å². The van der Waals surface area contributed by atoms with E-state index in [-0.39, 0.29) is 6.61 Å². The summed E-state index contributed by atoms with van der Waals surface area (Å²) in [6, 6.07) is 1.38. The van der Waals surface area contributed by atoms with Crippen molar-refractivity contribution in [1.82, 2.24) is 4.90 Å². The van der Waals surface area contributed by atoms with E-state index in [9.17, 15) is 24.4 Å². The van der Waals surface area contributed by atoms with Crippen LogP contribution in [-0.2, 0) is 0 Å². The van der Waals surface area contributed by atoms with Crippen molar-refractivity contribution < 1.29 is 19.2 Å². The van der Waals surface area contributed by atoms with E-state index < -0.39 is 39.6 Å². The van der Waals surface area contributed by atoms with Crippen molar-refractivity contribution in [3.63, 3.8) is 0 Å². The van der Waals surface area contributed by atoms with Gasteiger partial charge in [-0.1, -0.05) is 0 Å². The van der Waals surface area contributed by atoms with Crippen LogP contribution in [0.2, 0.25) is 0 Å². The van der Waals surface area contributed by atoms with E-state index in [4.69, 9.17) is 5.73 Å². The molecule has 1 aliphatic heterocycles. The maximum absolute atomic E-state index is 13.8. The molecule has 0 radical (unpaired) electrons. The fraction of sp³-hybridized carbons (Fsp3) is 0.417. The lowest BCUT2D eigenvalue weighted by molar-refractivity contribution is -0.384. The fourth-order valence-corrected chi connectivity index (χ4v) is 2.39. The van der Waals surface area contributed by atoms with Gasteiger partial charge in [0.2, 0.25) is 0 Å². The van der Waals surface area contributed by atoms with Crippen molar-refractivity contribution in [2.24, 2.45) is 0 Å². The number of rotatable bonds is 3. The summed E-state index contributed by atoms with van der Waals surface area (Å²) in [4.78, 5) is 23.6. The number of hydrogen-bond donors (Lipinski definition) is 2. The number of carbonyl (C=O) groups is 1. The molecule has 7 nitrogen and oxygen atoms in total. The highest BCUT2D eigenvalue weighted by Crippen LogP contribution is 2.30. The number of aliphatic hydroxyl groups excluding tert-OH is 1. The van der Waals surface area contributed by atoms with Crippen LogP contribution in [-0.4, -0.2) is 40.0 Å². The van der Waals surface area contributed by atoms with Crippen LogP contribution in [0.1, 0.15) is 23.2 Å². The number of anilines is 1. The van der Waals surface area contributed by atoms with Crippen LogP contribution in [0.5, 0.6) is 0 Å². The van der Waals surface area contributed by atoms with Crippen LogP contribution in [0.4, 0.5) is 15.8 Å². The Morgan fingerprint density at radius 3 is 2.90 bits per heavy atom. The van der Waals surface area contributed by atoms with Crippen molar-refractivity contribution in [2.75, 3.05) is 18.9 Å². The zero-order valence-corrected chi connectivity index (χ0v) is 10.6. The van der Waals surface area contributed by atoms with Crippen molar-refractivity contribution in [1.29, 1.82) is 0 Å². The minimum Gasteiger partial charge on any atom is -0.394 e. The predicted octanol–water partition coefficient (Wildman–Crippen LogP) is 0.913. The van der Waals surface area contributed by atoms with Gasteiger partial charge in [0.05, 0.1) is 17.6 Å². The van der Waals surface area contributed by atoms with E-state index in [1.807, 2.05) is 0 Å². The second-order valence-electron chi connectivity index (χ2n) is 4.59. The third-order valence-electron chi connectivity index (χ3n) is 3.43. The van der Waals surface area contributed by atoms with E-state index >= 15 is 0 Å². The summed E-state index contributed by atoms with van der Waals surface area (Å²) in [7, 11) is 0. The average molecular weight is 283 g/mol. The van der Waals surface area contributed by atoms with Gasteiger partial charge < -0.3 is 15.7 Å². The lowest BCUT2D eigenvalue weighted by Crippen LogP contribution is -2.38. The molecule has 1 saturated heterocycles. The third-order valence-corrected chi connectivity index (χ3v) is 3.43. The van der Waals surface area contributed by atoms with E-state index in [2.05, 4.69) is 0 Å². The first kappa shape index (κ1) is 14.2. The molecule has 8 heteroatoms. The number of nitrogens with two attached hydrogens (primary N) is 1. The lowest BCUT2D eigenvalue weighted by Gasteiger charge is -2.23. The first-order valence-corrected chi connectivity index (χ1v) is 6.11. The first-order valence-electron chi connectivity index (χ1n) is 6.11. The van der Waals surface area contributed by atoms with Gasteiger partial charge in [-0.15, -0.1) is 0 Å². The molecule has 0 bridgehead atoms. The minimum atomic E-state index is -0.901. The molecule has 0 aliphatic carbocycles. The van der Waals surface area contributed by atoms with Gasteiger partial charge in [-0.2, -0.15) is 0 Å². The number of likely N-dealkylation sites (tertiary alicyclic amines) is 1. The quantitative estimate of drug-likeness (QED) is 0.487. The SMILES string of the molecule is Nc1c([N+](=O)[O-])ccc(F)c1C(=O)N1CCCC1CO. The molecule has 1 atom stereocenters. The molecule has 0 saturated carbocycles.